The third kappa shape index (κ3) is 3.58. The normalized spacial score (nSPS) is 10.3. The molecule has 3 nitrogen and oxygen atoms in total. The minimum Gasteiger partial charge on any atom is -0.307 e. The lowest BCUT2D eigenvalue weighted by molar-refractivity contribution is 0.0982. The number of rotatable bonds is 5. The van der Waals surface area contributed by atoms with Gasteiger partial charge in [0.2, 0.25) is 0 Å². The molecule has 1 aromatic carbocycles. The number of para-hydroxylation sites is 1. The Morgan fingerprint density at radius 1 is 1.15 bits per heavy atom. The summed E-state index contributed by atoms with van der Waals surface area (Å²) in [5.41, 5.74) is 1.25. The highest BCUT2D eigenvalue weighted by Crippen LogP contribution is 2.17. The van der Waals surface area contributed by atoms with E-state index >= 15 is 0 Å². The zero-order valence-electron chi connectivity index (χ0n) is 11.4. The predicted molar refractivity (Wildman–Crippen MR) is 82.3 cm³/mol. The van der Waals surface area contributed by atoms with Crippen LogP contribution in [0.15, 0.2) is 48.5 Å². The van der Waals surface area contributed by atoms with Crippen molar-refractivity contribution in [1.82, 2.24) is 4.98 Å². The Morgan fingerprint density at radius 2 is 1.90 bits per heavy atom. The fourth-order valence-electron chi connectivity index (χ4n) is 1.94. The smallest absolute Gasteiger partial charge is 0.276 e. The molecular formula is C16H17ClN2O. The second-order valence-electron chi connectivity index (χ2n) is 4.49. The monoisotopic (exact) mass is 288 g/mol. The lowest BCUT2D eigenvalue weighted by atomic mass is 10.2. The van der Waals surface area contributed by atoms with Gasteiger partial charge in [-0.3, -0.25) is 4.79 Å². The van der Waals surface area contributed by atoms with Crippen LogP contribution in [-0.2, 0) is 0 Å². The molecule has 0 N–H and O–H groups in total. The van der Waals surface area contributed by atoms with Crippen molar-refractivity contribution in [1.29, 1.82) is 0 Å². The van der Waals surface area contributed by atoms with E-state index in [1.807, 2.05) is 30.3 Å². The molecule has 104 valence electrons. The summed E-state index contributed by atoms with van der Waals surface area (Å²) in [4.78, 5) is 18.5. The Bertz CT molecular complexity index is 572. The molecule has 0 aliphatic rings. The van der Waals surface area contributed by atoms with Crippen LogP contribution in [0.3, 0.4) is 0 Å². The molecular weight excluding hydrogens is 272 g/mol. The summed E-state index contributed by atoms with van der Waals surface area (Å²) in [7, 11) is 0. The van der Waals surface area contributed by atoms with Crippen LogP contribution >= 0.6 is 11.6 Å². The maximum atomic E-state index is 12.6. The Labute approximate surface area is 124 Å². The molecule has 20 heavy (non-hydrogen) atoms. The van der Waals surface area contributed by atoms with Gasteiger partial charge in [-0.2, -0.15) is 0 Å². The minimum absolute atomic E-state index is 0.118. The zero-order chi connectivity index (χ0) is 14.4. The van der Waals surface area contributed by atoms with Crippen LogP contribution in [0.2, 0.25) is 5.15 Å². The fraction of sp³-hybridized carbons (Fsp3) is 0.250. The van der Waals surface area contributed by atoms with Crippen LogP contribution in [0, 0.1) is 0 Å². The van der Waals surface area contributed by atoms with E-state index in [9.17, 15) is 4.79 Å². The summed E-state index contributed by atoms with van der Waals surface area (Å²) in [5.74, 6) is -0.118. The largest absolute Gasteiger partial charge is 0.307 e. The molecule has 0 saturated heterocycles. The van der Waals surface area contributed by atoms with Crippen LogP contribution in [0.1, 0.15) is 30.3 Å². The molecule has 0 radical (unpaired) electrons. The first-order valence-electron chi connectivity index (χ1n) is 6.72. The van der Waals surface area contributed by atoms with Gasteiger partial charge in [0, 0.05) is 12.2 Å². The lowest BCUT2D eigenvalue weighted by Gasteiger charge is -2.22. The second-order valence-corrected chi connectivity index (χ2v) is 4.88. The number of pyridine rings is 1. The van der Waals surface area contributed by atoms with Gasteiger partial charge in [0.05, 0.1) is 0 Å². The maximum Gasteiger partial charge on any atom is 0.276 e. The van der Waals surface area contributed by atoms with Gasteiger partial charge in [0.1, 0.15) is 10.8 Å². The number of hydrogen-bond donors (Lipinski definition) is 0. The average Bonchev–Trinajstić information content (AvgIpc) is 2.48. The summed E-state index contributed by atoms with van der Waals surface area (Å²) in [6.45, 7) is 2.78. The average molecular weight is 289 g/mol. The van der Waals surface area contributed by atoms with Crippen molar-refractivity contribution >= 4 is 23.2 Å². The van der Waals surface area contributed by atoms with Crippen LogP contribution in [0.25, 0.3) is 0 Å². The number of halogens is 1. The van der Waals surface area contributed by atoms with Gasteiger partial charge in [-0.15, -0.1) is 0 Å². The molecule has 0 atom stereocenters. The quantitative estimate of drug-likeness (QED) is 0.773. The van der Waals surface area contributed by atoms with Crippen molar-refractivity contribution in [2.24, 2.45) is 0 Å². The van der Waals surface area contributed by atoms with Crippen LogP contribution in [-0.4, -0.2) is 17.4 Å². The zero-order valence-corrected chi connectivity index (χ0v) is 12.2. The van der Waals surface area contributed by atoms with Gasteiger partial charge in [-0.25, -0.2) is 4.98 Å². The Morgan fingerprint density at radius 3 is 2.55 bits per heavy atom. The second kappa shape index (κ2) is 7.06. The van der Waals surface area contributed by atoms with E-state index in [1.54, 1.807) is 23.1 Å². The standard InChI is InChI=1S/C16H17ClN2O/c1-2-3-12-19(13-8-5-4-6-9-13)16(20)14-10-7-11-15(17)18-14/h4-11H,2-3,12H2,1H3. The fourth-order valence-corrected chi connectivity index (χ4v) is 2.10. The number of amides is 1. The summed E-state index contributed by atoms with van der Waals surface area (Å²) >= 11 is 5.86. The third-order valence-corrected chi connectivity index (χ3v) is 3.19. The van der Waals surface area contributed by atoms with Crippen molar-refractivity contribution in [3.05, 3.63) is 59.4 Å². The molecule has 1 heterocycles. The molecule has 0 unspecified atom stereocenters. The number of carbonyl (C=O) groups excluding carboxylic acids is 1. The molecule has 1 amide bonds. The highest BCUT2D eigenvalue weighted by molar-refractivity contribution is 6.29. The highest BCUT2D eigenvalue weighted by atomic mass is 35.5. The molecule has 0 aliphatic carbocycles. The molecule has 4 heteroatoms. The van der Waals surface area contributed by atoms with Crippen molar-refractivity contribution < 1.29 is 4.79 Å². The Balaban J connectivity index is 2.29. The number of nitrogens with zero attached hydrogens (tertiary/aromatic N) is 2. The number of anilines is 1. The van der Waals surface area contributed by atoms with E-state index in [2.05, 4.69) is 11.9 Å². The van der Waals surface area contributed by atoms with Crippen molar-refractivity contribution in [3.63, 3.8) is 0 Å². The molecule has 0 aliphatic heterocycles. The molecule has 2 aromatic rings. The molecule has 2 rings (SSSR count). The maximum absolute atomic E-state index is 12.6. The first kappa shape index (κ1) is 14.5. The van der Waals surface area contributed by atoms with Gasteiger partial charge in [-0.1, -0.05) is 49.2 Å². The van der Waals surface area contributed by atoms with E-state index in [0.717, 1.165) is 18.5 Å². The van der Waals surface area contributed by atoms with E-state index in [4.69, 9.17) is 11.6 Å². The number of aromatic nitrogens is 1. The highest BCUT2D eigenvalue weighted by Gasteiger charge is 2.18. The van der Waals surface area contributed by atoms with Crippen LogP contribution in [0.4, 0.5) is 5.69 Å². The van der Waals surface area contributed by atoms with Crippen molar-refractivity contribution in [3.8, 4) is 0 Å². The van der Waals surface area contributed by atoms with E-state index < -0.39 is 0 Å². The number of hydrogen-bond acceptors (Lipinski definition) is 2. The van der Waals surface area contributed by atoms with Crippen LogP contribution in [0.5, 0.6) is 0 Å². The number of unbranched alkanes of at least 4 members (excludes halogenated alkanes) is 1. The number of carbonyl (C=O) groups is 1. The molecule has 0 saturated carbocycles. The third-order valence-electron chi connectivity index (χ3n) is 2.98. The molecule has 0 bridgehead atoms. The van der Waals surface area contributed by atoms with Gasteiger partial charge in [-0.05, 0) is 30.7 Å². The predicted octanol–water partition coefficient (Wildman–Crippen LogP) is 4.18. The van der Waals surface area contributed by atoms with Crippen molar-refractivity contribution in [2.45, 2.75) is 19.8 Å². The molecule has 0 spiro atoms. The van der Waals surface area contributed by atoms with Gasteiger partial charge < -0.3 is 4.90 Å². The summed E-state index contributed by atoms with van der Waals surface area (Å²) < 4.78 is 0. The van der Waals surface area contributed by atoms with Gasteiger partial charge in [0.25, 0.3) is 5.91 Å². The molecule has 0 fully saturated rings. The SMILES string of the molecule is CCCCN(C(=O)c1cccc(Cl)n1)c1ccccc1. The summed E-state index contributed by atoms with van der Waals surface area (Å²) in [5, 5.41) is 0.333. The first-order valence-corrected chi connectivity index (χ1v) is 7.09. The van der Waals surface area contributed by atoms with E-state index in [-0.39, 0.29) is 5.91 Å². The Hall–Kier alpha value is -1.87. The summed E-state index contributed by atoms with van der Waals surface area (Å²) in [6, 6.07) is 14.7. The van der Waals surface area contributed by atoms with Gasteiger partial charge in [0.15, 0.2) is 0 Å². The van der Waals surface area contributed by atoms with E-state index in [1.165, 1.54) is 0 Å². The lowest BCUT2D eigenvalue weighted by Crippen LogP contribution is -2.32. The molecule has 1 aromatic heterocycles. The Kier molecular flexibility index (Phi) is 5.13. The number of benzene rings is 1. The van der Waals surface area contributed by atoms with Crippen molar-refractivity contribution in [2.75, 3.05) is 11.4 Å². The van der Waals surface area contributed by atoms with E-state index in [0.29, 0.717) is 17.4 Å². The minimum atomic E-state index is -0.118. The first-order chi connectivity index (χ1) is 9.72. The topological polar surface area (TPSA) is 33.2 Å². The summed E-state index contributed by atoms with van der Waals surface area (Å²) in [6.07, 6.45) is 1.97. The van der Waals surface area contributed by atoms with Crippen LogP contribution < -0.4 is 4.90 Å². The van der Waals surface area contributed by atoms with Gasteiger partial charge >= 0.3 is 0 Å².